The van der Waals surface area contributed by atoms with E-state index in [4.69, 9.17) is 5.11 Å². The van der Waals surface area contributed by atoms with Gasteiger partial charge in [-0.25, -0.2) is 0 Å². The van der Waals surface area contributed by atoms with Crippen LogP contribution in [0.5, 0.6) is 0 Å². The number of hydrogen-bond donors (Lipinski definition) is 2. The zero-order valence-electron chi connectivity index (χ0n) is 9.39. The maximum Gasteiger partial charge on any atom is 0.0533 e. The summed E-state index contributed by atoms with van der Waals surface area (Å²) in [4.78, 5) is 0. The minimum Gasteiger partial charge on any atom is -0.396 e. The van der Waals surface area contributed by atoms with Crippen LogP contribution in [0.2, 0.25) is 0 Å². The smallest absolute Gasteiger partial charge is 0.0533 e. The topological polar surface area (TPSA) is 50.1 Å². The first-order valence-electron chi connectivity index (χ1n) is 5.65. The minimum atomic E-state index is 0.291. The quantitative estimate of drug-likeness (QED) is 0.628. The van der Waals surface area contributed by atoms with Crippen molar-refractivity contribution in [3.8, 4) is 0 Å². The second-order valence-corrected chi connectivity index (χ2v) is 3.76. The largest absolute Gasteiger partial charge is 0.396 e. The molecule has 15 heavy (non-hydrogen) atoms. The van der Waals surface area contributed by atoms with Gasteiger partial charge in [-0.15, -0.1) is 0 Å². The molecule has 4 heteroatoms. The molecule has 0 saturated carbocycles. The highest BCUT2D eigenvalue weighted by atomic mass is 16.3. The lowest BCUT2D eigenvalue weighted by Gasteiger charge is -2.14. The number of aliphatic hydroxyl groups is 1. The van der Waals surface area contributed by atoms with E-state index in [-0.39, 0.29) is 0 Å². The van der Waals surface area contributed by atoms with E-state index >= 15 is 0 Å². The van der Waals surface area contributed by atoms with Crippen LogP contribution in [-0.4, -0.2) is 34.6 Å². The number of aliphatic hydroxyl groups excluding tert-OH is 1. The van der Waals surface area contributed by atoms with Crippen LogP contribution in [0, 0.1) is 5.92 Å². The lowest BCUT2D eigenvalue weighted by molar-refractivity contribution is 0.251. The van der Waals surface area contributed by atoms with Crippen molar-refractivity contribution in [3.63, 3.8) is 0 Å². The zero-order chi connectivity index (χ0) is 10.9. The Morgan fingerprint density at radius 1 is 1.53 bits per heavy atom. The first-order valence-corrected chi connectivity index (χ1v) is 5.65. The predicted molar refractivity (Wildman–Crippen MR) is 60.6 cm³/mol. The lowest BCUT2D eigenvalue weighted by Crippen LogP contribution is -2.26. The number of nitrogens with zero attached hydrogens (tertiary/aromatic N) is 2. The Balaban J connectivity index is 2.05. The summed E-state index contributed by atoms with van der Waals surface area (Å²) in [6.07, 6.45) is 5.77. The second kappa shape index (κ2) is 7.43. The average molecular weight is 211 g/mol. The van der Waals surface area contributed by atoms with Crippen LogP contribution in [0.25, 0.3) is 0 Å². The van der Waals surface area contributed by atoms with E-state index in [1.165, 1.54) is 0 Å². The SMILES string of the molecule is CCC(CCO)CNCCn1cccn1. The molecular formula is C11H21N3O. The first kappa shape index (κ1) is 12.2. The Labute approximate surface area is 91.3 Å². The van der Waals surface area contributed by atoms with Crippen molar-refractivity contribution < 1.29 is 5.11 Å². The van der Waals surface area contributed by atoms with Crippen molar-refractivity contribution in [2.24, 2.45) is 5.92 Å². The van der Waals surface area contributed by atoms with E-state index < -0.39 is 0 Å². The number of aromatic nitrogens is 2. The molecule has 4 nitrogen and oxygen atoms in total. The van der Waals surface area contributed by atoms with Gasteiger partial charge in [-0.2, -0.15) is 5.10 Å². The van der Waals surface area contributed by atoms with Gasteiger partial charge in [-0.3, -0.25) is 4.68 Å². The maximum absolute atomic E-state index is 8.83. The molecule has 0 aliphatic carbocycles. The molecular weight excluding hydrogens is 190 g/mol. The molecule has 0 aliphatic rings. The third kappa shape index (κ3) is 4.95. The monoisotopic (exact) mass is 211 g/mol. The number of hydrogen-bond acceptors (Lipinski definition) is 3. The predicted octanol–water partition coefficient (Wildman–Crippen LogP) is 0.881. The van der Waals surface area contributed by atoms with Crippen LogP contribution in [0.4, 0.5) is 0 Å². The molecule has 0 fully saturated rings. The van der Waals surface area contributed by atoms with Crippen LogP contribution >= 0.6 is 0 Å². The minimum absolute atomic E-state index is 0.291. The van der Waals surface area contributed by atoms with Gasteiger partial charge in [0.05, 0.1) is 6.54 Å². The summed E-state index contributed by atoms with van der Waals surface area (Å²) in [7, 11) is 0. The van der Waals surface area contributed by atoms with E-state index in [0.717, 1.165) is 32.5 Å². The molecule has 86 valence electrons. The van der Waals surface area contributed by atoms with Crippen molar-refractivity contribution in [3.05, 3.63) is 18.5 Å². The fourth-order valence-electron chi connectivity index (χ4n) is 1.57. The highest BCUT2D eigenvalue weighted by Gasteiger charge is 2.04. The normalized spacial score (nSPS) is 12.9. The Morgan fingerprint density at radius 3 is 3.00 bits per heavy atom. The molecule has 1 rings (SSSR count). The molecule has 1 unspecified atom stereocenters. The highest BCUT2D eigenvalue weighted by molar-refractivity contribution is 4.77. The molecule has 1 aromatic rings. The maximum atomic E-state index is 8.83. The molecule has 0 spiro atoms. The van der Waals surface area contributed by atoms with Gasteiger partial charge in [0, 0.05) is 25.5 Å². The standard InChI is InChI=1S/C11H21N3O/c1-2-11(4-9-15)10-12-6-8-14-7-3-5-13-14/h3,5,7,11-12,15H,2,4,6,8-10H2,1H3. The summed E-state index contributed by atoms with van der Waals surface area (Å²) in [6.45, 7) is 5.28. The molecule has 0 saturated heterocycles. The molecule has 1 aromatic heterocycles. The third-order valence-electron chi connectivity index (χ3n) is 2.62. The third-order valence-corrected chi connectivity index (χ3v) is 2.62. The summed E-state index contributed by atoms with van der Waals surface area (Å²) in [5.74, 6) is 0.590. The Kier molecular flexibility index (Phi) is 6.04. The van der Waals surface area contributed by atoms with Crippen LogP contribution in [0.3, 0.4) is 0 Å². The number of nitrogens with one attached hydrogen (secondary N) is 1. The highest BCUT2D eigenvalue weighted by Crippen LogP contribution is 2.05. The number of rotatable bonds is 8. The fraction of sp³-hybridized carbons (Fsp3) is 0.727. The van der Waals surface area contributed by atoms with Crippen molar-refractivity contribution in [1.82, 2.24) is 15.1 Å². The van der Waals surface area contributed by atoms with Gasteiger partial charge in [-0.1, -0.05) is 13.3 Å². The van der Waals surface area contributed by atoms with Gasteiger partial charge < -0.3 is 10.4 Å². The van der Waals surface area contributed by atoms with E-state index in [9.17, 15) is 0 Å². The van der Waals surface area contributed by atoms with E-state index in [0.29, 0.717) is 12.5 Å². The summed E-state index contributed by atoms with van der Waals surface area (Å²) >= 11 is 0. The first-order chi connectivity index (χ1) is 7.36. The summed E-state index contributed by atoms with van der Waals surface area (Å²) in [5, 5.41) is 16.3. The molecule has 0 amide bonds. The van der Waals surface area contributed by atoms with Crippen LogP contribution in [-0.2, 0) is 6.54 Å². The van der Waals surface area contributed by atoms with Crippen molar-refractivity contribution in [1.29, 1.82) is 0 Å². The van der Waals surface area contributed by atoms with Crippen molar-refractivity contribution in [2.45, 2.75) is 26.3 Å². The fourth-order valence-corrected chi connectivity index (χ4v) is 1.57. The molecule has 0 aromatic carbocycles. The Hall–Kier alpha value is -0.870. The van der Waals surface area contributed by atoms with Gasteiger partial charge in [0.15, 0.2) is 0 Å². The van der Waals surface area contributed by atoms with Gasteiger partial charge in [0.2, 0.25) is 0 Å². The van der Waals surface area contributed by atoms with E-state index in [1.807, 2.05) is 16.9 Å². The van der Waals surface area contributed by atoms with Crippen LogP contribution in [0.15, 0.2) is 18.5 Å². The molecule has 1 heterocycles. The van der Waals surface area contributed by atoms with Gasteiger partial charge >= 0.3 is 0 Å². The van der Waals surface area contributed by atoms with Crippen molar-refractivity contribution >= 4 is 0 Å². The van der Waals surface area contributed by atoms with Crippen molar-refractivity contribution in [2.75, 3.05) is 19.7 Å². The molecule has 0 aliphatic heterocycles. The van der Waals surface area contributed by atoms with Crippen LogP contribution < -0.4 is 5.32 Å². The Bertz CT molecular complexity index is 236. The average Bonchev–Trinajstić information content (AvgIpc) is 2.75. The summed E-state index contributed by atoms with van der Waals surface area (Å²) in [5.41, 5.74) is 0. The molecule has 1 atom stereocenters. The van der Waals surface area contributed by atoms with Gasteiger partial charge in [0.25, 0.3) is 0 Å². The molecule has 0 radical (unpaired) electrons. The van der Waals surface area contributed by atoms with Crippen LogP contribution in [0.1, 0.15) is 19.8 Å². The zero-order valence-corrected chi connectivity index (χ0v) is 9.39. The van der Waals surface area contributed by atoms with E-state index in [1.54, 1.807) is 6.20 Å². The van der Waals surface area contributed by atoms with E-state index in [2.05, 4.69) is 17.3 Å². The Morgan fingerprint density at radius 2 is 2.40 bits per heavy atom. The van der Waals surface area contributed by atoms with Gasteiger partial charge in [0.1, 0.15) is 0 Å². The summed E-state index contributed by atoms with van der Waals surface area (Å²) in [6, 6.07) is 1.93. The second-order valence-electron chi connectivity index (χ2n) is 3.76. The molecule has 2 N–H and O–H groups in total. The molecule has 0 bridgehead atoms. The lowest BCUT2D eigenvalue weighted by atomic mass is 10.0. The van der Waals surface area contributed by atoms with Gasteiger partial charge in [-0.05, 0) is 24.9 Å². The summed E-state index contributed by atoms with van der Waals surface area (Å²) < 4.78 is 1.92.